The van der Waals surface area contributed by atoms with Crippen LogP contribution in [0.4, 0.5) is 5.69 Å². The third-order valence-electron chi connectivity index (χ3n) is 11.0. The number of aliphatic hydroxyl groups is 1. The number of carbonyl (C=O) groups excluding carboxylic acids is 4. The van der Waals surface area contributed by atoms with Crippen LogP contribution in [-0.2, 0) is 28.7 Å². The van der Waals surface area contributed by atoms with Gasteiger partial charge in [0.25, 0.3) is 5.91 Å². The highest BCUT2D eigenvalue weighted by molar-refractivity contribution is 6.05. The molecule has 7 atom stereocenters. The zero-order chi connectivity index (χ0) is 36.9. The van der Waals surface area contributed by atoms with Crippen molar-refractivity contribution >= 4 is 29.4 Å². The van der Waals surface area contributed by atoms with E-state index < -0.39 is 47.7 Å². The van der Waals surface area contributed by atoms with Gasteiger partial charge in [-0.25, -0.2) is 0 Å². The minimum absolute atomic E-state index is 0.0390. The molecule has 3 aliphatic rings. The normalized spacial score (nSPS) is 24.5. The molecule has 0 saturated carbocycles. The molecule has 51 heavy (non-hydrogen) atoms. The maximum Gasteiger partial charge on any atom is 0.313 e. The van der Waals surface area contributed by atoms with E-state index in [4.69, 9.17) is 9.47 Å². The summed E-state index contributed by atoms with van der Waals surface area (Å²) in [5.74, 6) is -3.05. The number of hydrogen-bond acceptors (Lipinski definition) is 7. The van der Waals surface area contributed by atoms with Crippen molar-refractivity contribution < 1.29 is 33.8 Å². The molecule has 2 aromatic carbocycles. The predicted octanol–water partition coefficient (Wildman–Crippen LogP) is 5.46. The molecule has 274 valence electrons. The second-order valence-corrected chi connectivity index (χ2v) is 14.2. The number of rotatable bonds is 17. The van der Waals surface area contributed by atoms with Gasteiger partial charge in [-0.3, -0.25) is 19.2 Å². The first-order valence-electron chi connectivity index (χ1n) is 18.2. The number of amides is 3. The van der Waals surface area contributed by atoms with E-state index >= 15 is 0 Å². The number of likely N-dealkylation sites (tertiary alicyclic amines) is 1. The Bertz CT molecular complexity index is 1590. The topological polar surface area (TPSA) is 117 Å². The van der Waals surface area contributed by atoms with E-state index in [2.05, 4.69) is 13.2 Å². The van der Waals surface area contributed by atoms with Crippen molar-refractivity contribution in [2.75, 3.05) is 31.6 Å². The Labute approximate surface area is 302 Å². The third kappa shape index (κ3) is 7.26. The SMILES string of the molecule is C=CCCC(=O)N(C)[C@@H](C)[C@@H](OC(=O)[C@@H]1[C@H]2C(=O)N(CCCCCO)[C@H](C(=O)N(CC=C)c3c(C)cccc3C)[C@]23CC[C@H]1O3)c1ccccc1. The number of anilines is 1. The van der Waals surface area contributed by atoms with Crippen LogP contribution in [0.5, 0.6) is 0 Å². The van der Waals surface area contributed by atoms with Gasteiger partial charge in [0.2, 0.25) is 11.8 Å². The van der Waals surface area contributed by atoms with Gasteiger partial charge in [0, 0.05) is 38.9 Å². The number of nitrogens with zero attached hydrogens (tertiary/aromatic N) is 3. The van der Waals surface area contributed by atoms with E-state index in [1.54, 1.807) is 33.9 Å². The summed E-state index contributed by atoms with van der Waals surface area (Å²) in [6.07, 6.45) is 5.59. The molecule has 3 saturated heterocycles. The average molecular weight is 700 g/mol. The molecule has 3 aliphatic heterocycles. The minimum atomic E-state index is -1.21. The first-order chi connectivity index (χ1) is 24.5. The lowest BCUT2D eigenvalue weighted by Crippen LogP contribution is -2.56. The molecule has 2 aromatic rings. The molecular weight excluding hydrogens is 646 g/mol. The van der Waals surface area contributed by atoms with Crippen molar-refractivity contribution in [2.45, 2.75) is 95.6 Å². The van der Waals surface area contributed by atoms with Crippen molar-refractivity contribution in [1.29, 1.82) is 0 Å². The van der Waals surface area contributed by atoms with Crippen LogP contribution in [0.25, 0.3) is 0 Å². The molecular formula is C41H53N3O7. The molecule has 3 heterocycles. The molecule has 0 radical (unpaired) electrons. The molecule has 5 rings (SSSR count). The Hall–Kier alpha value is -4.28. The second-order valence-electron chi connectivity index (χ2n) is 14.2. The van der Waals surface area contributed by atoms with Crippen LogP contribution in [0.3, 0.4) is 0 Å². The highest BCUT2D eigenvalue weighted by Gasteiger charge is 2.75. The van der Waals surface area contributed by atoms with Gasteiger partial charge in [-0.15, -0.1) is 13.2 Å². The summed E-state index contributed by atoms with van der Waals surface area (Å²) in [5.41, 5.74) is 2.13. The van der Waals surface area contributed by atoms with Crippen LogP contribution in [0.1, 0.15) is 74.7 Å². The largest absolute Gasteiger partial charge is 0.455 e. The Morgan fingerprint density at radius 2 is 1.76 bits per heavy atom. The number of para-hydroxylation sites is 1. The third-order valence-corrected chi connectivity index (χ3v) is 11.0. The molecule has 0 aromatic heterocycles. The van der Waals surface area contributed by atoms with Crippen molar-refractivity contribution in [1.82, 2.24) is 9.80 Å². The lowest BCUT2D eigenvalue weighted by molar-refractivity contribution is -0.164. The van der Waals surface area contributed by atoms with Crippen molar-refractivity contribution in [3.8, 4) is 0 Å². The number of fused-ring (bicyclic) bond motifs is 1. The van der Waals surface area contributed by atoms with Gasteiger partial charge in [-0.1, -0.05) is 60.7 Å². The number of hydrogen-bond donors (Lipinski definition) is 1. The van der Waals surface area contributed by atoms with Gasteiger partial charge in [-0.05, 0) is 76.0 Å². The maximum absolute atomic E-state index is 15.0. The minimum Gasteiger partial charge on any atom is -0.455 e. The maximum atomic E-state index is 15.0. The fourth-order valence-corrected chi connectivity index (χ4v) is 8.43. The molecule has 0 aliphatic carbocycles. The molecule has 0 unspecified atom stereocenters. The summed E-state index contributed by atoms with van der Waals surface area (Å²) in [7, 11) is 1.70. The number of unbranched alkanes of at least 4 members (excludes halogenated alkanes) is 2. The molecule has 1 N–H and O–H groups in total. The fraction of sp³-hybridized carbons (Fsp3) is 0.512. The number of ether oxygens (including phenoxy) is 2. The zero-order valence-corrected chi connectivity index (χ0v) is 30.5. The molecule has 3 fully saturated rings. The highest BCUT2D eigenvalue weighted by Crippen LogP contribution is 2.59. The Kier molecular flexibility index (Phi) is 12.2. The Morgan fingerprint density at radius 1 is 1.06 bits per heavy atom. The Morgan fingerprint density at radius 3 is 2.41 bits per heavy atom. The number of carbonyl (C=O) groups is 4. The van der Waals surface area contributed by atoms with Crippen LogP contribution in [-0.4, -0.2) is 89.1 Å². The van der Waals surface area contributed by atoms with Crippen molar-refractivity contribution in [2.24, 2.45) is 11.8 Å². The average Bonchev–Trinajstić information content (AvgIpc) is 3.77. The van der Waals surface area contributed by atoms with Gasteiger partial charge in [0.15, 0.2) is 0 Å². The molecule has 2 bridgehead atoms. The number of aliphatic hydroxyl groups excluding tert-OH is 1. The van der Waals surface area contributed by atoms with Gasteiger partial charge in [-0.2, -0.15) is 0 Å². The van der Waals surface area contributed by atoms with Gasteiger partial charge in [0.1, 0.15) is 17.7 Å². The second kappa shape index (κ2) is 16.4. The summed E-state index contributed by atoms with van der Waals surface area (Å²) in [6, 6.07) is 13.7. The van der Waals surface area contributed by atoms with Crippen molar-refractivity contribution in [3.63, 3.8) is 0 Å². The van der Waals surface area contributed by atoms with E-state index in [1.165, 1.54) is 0 Å². The lowest BCUT2D eigenvalue weighted by Gasteiger charge is -2.37. The predicted molar refractivity (Wildman–Crippen MR) is 196 cm³/mol. The van der Waals surface area contributed by atoms with E-state index in [0.717, 1.165) is 22.4 Å². The summed E-state index contributed by atoms with van der Waals surface area (Å²) < 4.78 is 13.1. The molecule has 1 spiro atoms. The van der Waals surface area contributed by atoms with Crippen LogP contribution in [0, 0.1) is 25.7 Å². The zero-order valence-electron chi connectivity index (χ0n) is 30.5. The van der Waals surface area contributed by atoms with E-state index in [-0.39, 0.29) is 37.3 Å². The highest BCUT2D eigenvalue weighted by atomic mass is 16.6. The van der Waals surface area contributed by atoms with E-state index in [9.17, 15) is 24.3 Å². The number of aryl methyl sites for hydroxylation is 2. The summed E-state index contributed by atoms with van der Waals surface area (Å²) in [6.45, 7) is 14.0. The van der Waals surface area contributed by atoms with Gasteiger partial charge >= 0.3 is 5.97 Å². The lowest BCUT2D eigenvalue weighted by atomic mass is 9.70. The van der Waals surface area contributed by atoms with Crippen LogP contribution >= 0.6 is 0 Å². The first kappa shape index (κ1) is 38.0. The van der Waals surface area contributed by atoms with Crippen LogP contribution in [0.15, 0.2) is 73.8 Å². The standard InChI is InChI=1S/C41H53N3O7/c1-7-9-21-32(46)42(6)29(5)36(30-19-12-10-13-20-30)50-40(49)33-31-22-23-41(51-31)34(33)38(47)44(25-14-11-15-26-45)37(41)39(48)43(24-8-2)35-27(3)17-16-18-28(35)4/h7-8,10,12-13,16-20,29,31,33-34,36-37,45H,1-2,9,11,14-15,21-26H2,3-6H3/t29-,31+,33-,34-,36+,37+,41-/m0/s1. The number of likely N-dealkylation sites (N-methyl/N-ethyl adjacent to an activating group) is 1. The molecule has 10 nitrogen and oxygen atoms in total. The number of benzene rings is 2. The smallest absolute Gasteiger partial charge is 0.313 e. The van der Waals surface area contributed by atoms with Crippen molar-refractivity contribution in [3.05, 3.63) is 90.5 Å². The summed E-state index contributed by atoms with van der Waals surface area (Å²) in [5, 5.41) is 9.42. The van der Waals surface area contributed by atoms with Crippen LogP contribution in [0.2, 0.25) is 0 Å². The Balaban J connectivity index is 1.50. The van der Waals surface area contributed by atoms with E-state index in [1.807, 2.05) is 69.3 Å². The van der Waals surface area contributed by atoms with Gasteiger partial charge < -0.3 is 29.3 Å². The molecule has 3 amide bonds. The first-order valence-corrected chi connectivity index (χ1v) is 18.2. The van der Waals surface area contributed by atoms with Crippen LogP contribution < -0.4 is 4.90 Å². The summed E-state index contributed by atoms with van der Waals surface area (Å²) in [4.78, 5) is 62.0. The fourth-order valence-electron chi connectivity index (χ4n) is 8.43. The summed E-state index contributed by atoms with van der Waals surface area (Å²) >= 11 is 0. The quantitative estimate of drug-likeness (QED) is 0.133. The van der Waals surface area contributed by atoms with E-state index in [0.29, 0.717) is 45.1 Å². The van der Waals surface area contributed by atoms with Gasteiger partial charge in [0.05, 0.1) is 24.0 Å². The molecule has 10 heteroatoms. The number of allylic oxidation sites excluding steroid dienone is 1. The monoisotopic (exact) mass is 699 g/mol. The number of esters is 1.